The summed E-state index contributed by atoms with van der Waals surface area (Å²) >= 11 is 0. The van der Waals surface area contributed by atoms with Crippen molar-refractivity contribution in [2.75, 3.05) is 42.9 Å². The quantitative estimate of drug-likeness (QED) is 0.920. The second-order valence-electron chi connectivity index (χ2n) is 7.08. The van der Waals surface area contributed by atoms with Crippen LogP contribution in [0.15, 0.2) is 18.2 Å². The summed E-state index contributed by atoms with van der Waals surface area (Å²) < 4.78 is 0. The number of aryl methyl sites for hydroxylation is 1. The van der Waals surface area contributed by atoms with E-state index in [9.17, 15) is 0 Å². The van der Waals surface area contributed by atoms with Gasteiger partial charge in [-0.1, -0.05) is 0 Å². The highest BCUT2D eigenvalue weighted by Crippen LogP contribution is 2.31. The molecular weight excluding hydrogens is 258 g/mol. The fraction of sp³-hybridized carbons (Fsp3) is 0.667. The van der Waals surface area contributed by atoms with Crippen LogP contribution < -0.4 is 10.2 Å². The predicted octanol–water partition coefficient (Wildman–Crippen LogP) is 3.10. The van der Waals surface area contributed by atoms with Gasteiger partial charge < -0.3 is 15.1 Å². The van der Waals surface area contributed by atoms with Crippen molar-refractivity contribution in [3.8, 4) is 0 Å². The first-order chi connectivity index (χ1) is 10.3. The van der Waals surface area contributed by atoms with Crippen LogP contribution in [-0.4, -0.2) is 43.7 Å². The molecule has 21 heavy (non-hydrogen) atoms. The minimum Gasteiger partial charge on any atom is -0.382 e. The first-order valence-electron chi connectivity index (χ1n) is 8.64. The molecule has 0 amide bonds. The first kappa shape index (κ1) is 13.4. The van der Waals surface area contributed by atoms with Gasteiger partial charge in [-0.2, -0.15) is 0 Å². The van der Waals surface area contributed by atoms with Crippen molar-refractivity contribution in [3.63, 3.8) is 0 Å². The van der Waals surface area contributed by atoms with Crippen molar-refractivity contribution in [3.05, 3.63) is 23.8 Å². The molecule has 0 spiro atoms. The average Bonchev–Trinajstić information content (AvgIpc) is 3.14. The van der Waals surface area contributed by atoms with E-state index in [0.29, 0.717) is 6.04 Å². The van der Waals surface area contributed by atoms with Gasteiger partial charge in [-0.15, -0.1) is 0 Å². The topological polar surface area (TPSA) is 18.5 Å². The summed E-state index contributed by atoms with van der Waals surface area (Å²) in [5, 5.41) is 3.85. The molecule has 3 fully saturated rings. The molecule has 4 rings (SSSR count). The highest BCUT2D eigenvalue weighted by atomic mass is 15.2. The van der Waals surface area contributed by atoms with Crippen LogP contribution in [0.3, 0.4) is 0 Å². The van der Waals surface area contributed by atoms with Crippen molar-refractivity contribution in [2.24, 2.45) is 5.92 Å². The van der Waals surface area contributed by atoms with E-state index in [4.69, 9.17) is 0 Å². The normalized spacial score (nSPS) is 31.7. The van der Waals surface area contributed by atoms with Crippen LogP contribution in [0.25, 0.3) is 0 Å². The zero-order chi connectivity index (χ0) is 14.2. The summed E-state index contributed by atoms with van der Waals surface area (Å²) in [6.07, 6.45) is 5.37. The van der Waals surface area contributed by atoms with Crippen molar-refractivity contribution in [1.82, 2.24) is 4.90 Å². The number of benzene rings is 1. The maximum Gasteiger partial charge on any atom is 0.0373 e. The standard InChI is InChI=1S/C18H27N3/c1-14-12-16(21-8-2-3-9-21)4-5-17(14)19-18-7-11-20-10-6-15(18)13-20/h4-5,12,15,18-19H,2-3,6-11,13H2,1H3. The van der Waals surface area contributed by atoms with E-state index in [1.807, 2.05) is 0 Å². The number of hydrogen-bond acceptors (Lipinski definition) is 3. The Morgan fingerprint density at radius 1 is 1.05 bits per heavy atom. The van der Waals surface area contributed by atoms with Crippen LogP contribution >= 0.6 is 0 Å². The molecule has 3 unspecified atom stereocenters. The Bertz CT molecular complexity index is 507. The third-order valence-electron chi connectivity index (χ3n) is 5.66. The lowest BCUT2D eigenvalue weighted by Gasteiger charge is -2.32. The van der Waals surface area contributed by atoms with E-state index in [-0.39, 0.29) is 0 Å². The zero-order valence-corrected chi connectivity index (χ0v) is 13.1. The van der Waals surface area contributed by atoms with Crippen LogP contribution in [0.2, 0.25) is 0 Å². The molecule has 2 bridgehead atoms. The molecule has 3 heterocycles. The van der Waals surface area contributed by atoms with E-state index in [1.165, 1.54) is 75.3 Å². The maximum atomic E-state index is 3.85. The Balaban J connectivity index is 1.47. The highest BCUT2D eigenvalue weighted by molar-refractivity contribution is 5.61. The summed E-state index contributed by atoms with van der Waals surface area (Å²) in [5.41, 5.74) is 4.16. The molecule has 3 nitrogen and oxygen atoms in total. The lowest BCUT2D eigenvalue weighted by Crippen LogP contribution is -2.39. The molecule has 3 aliphatic rings. The van der Waals surface area contributed by atoms with Crippen LogP contribution in [-0.2, 0) is 0 Å². The number of piperidine rings is 1. The molecule has 0 saturated carbocycles. The molecule has 1 aromatic carbocycles. The fourth-order valence-corrected chi connectivity index (χ4v) is 4.32. The first-order valence-corrected chi connectivity index (χ1v) is 8.64. The third-order valence-corrected chi connectivity index (χ3v) is 5.66. The SMILES string of the molecule is Cc1cc(N2CCCC2)ccc1NC1CCN2CCC1C2. The van der Waals surface area contributed by atoms with Gasteiger partial charge in [-0.05, 0) is 68.8 Å². The highest BCUT2D eigenvalue weighted by Gasteiger charge is 2.34. The van der Waals surface area contributed by atoms with E-state index < -0.39 is 0 Å². The summed E-state index contributed by atoms with van der Waals surface area (Å²) in [6.45, 7) is 8.61. The number of hydrogen-bond donors (Lipinski definition) is 1. The third kappa shape index (κ3) is 2.64. The van der Waals surface area contributed by atoms with E-state index in [1.54, 1.807) is 0 Å². The molecule has 114 valence electrons. The van der Waals surface area contributed by atoms with Gasteiger partial charge in [0.1, 0.15) is 0 Å². The Morgan fingerprint density at radius 3 is 2.67 bits per heavy atom. The lowest BCUT2D eigenvalue weighted by molar-refractivity contribution is 0.255. The monoisotopic (exact) mass is 285 g/mol. The Morgan fingerprint density at radius 2 is 1.86 bits per heavy atom. The second kappa shape index (κ2) is 5.53. The fourth-order valence-electron chi connectivity index (χ4n) is 4.32. The van der Waals surface area contributed by atoms with Crippen LogP contribution in [0.4, 0.5) is 11.4 Å². The van der Waals surface area contributed by atoms with Crippen molar-refractivity contribution in [2.45, 2.75) is 38.6 Å². The van der Waals surface area contributed by atoms with Gasteiger partial charge in [-0.25, -0.2) is 0 Å². The predicted molar refractivity (Wildman–Crippen MR) is 89.2 cm³/mol. The number of anilines is 2. The number of fused-ring (bicyclic) bond motifs is 2. The average molecular weight is 285 g/mol. The van der Waals surface area contributed by atoms with Gasteiger partial charge in [0.25, 0.3) is 0 Å². The summed E-state index contributed by atoms with van der Waals surface area (Å²) in [4.78, 5) is 5.14. The summed E-state index contributed by atoms with van der Waals surface area (Å²) in [5.74, 6) is 0.858. The molecule has 1 aromatic rings. The molecule has 1 N–H and O–H groups in total. The van der Waals surface area contributed by atoms with Gasteiger partial charge in [-0.3, -0.25) is 0 Å². The summed E-state index contributed by atoms with van der Waals surface area (Å²) in [7, 11) is 0. The van der Waals surface area contributed by atoms with Gasteiger partial charge in [0.2, 0.25) is 0 Å². The Kier molecular flexibility index (Phi) is 3.54. The number of rotatable bonds is 3. The molecular formula is C18H27N3. The van der Waals surface area contributed by atoms with Gasteiger partial charge in [0.05, 0.1) is 0 Å². The number of nitrogens with zero attached hydrogens (tertiary/aromatic N) is 2. The van der Waals surface area contributed by atoms with Crippen molar-refractivity contribution in [1.29, 1.82) is 0 Å². The molecule has 3 aliphatic heterocycles. The molecule has 3 heteroatoms. The van der Waals surface area contributed by atoms with E-state index in [2.05, 4.69) is 40.2 Å². The van der Waals surface area contributed by atoms with Crippen LogP contribution in [0.5, 0.6) is 0 Å². The van der Waals surface area contributed by atoms with Crippen molar-refractivity contribution >= 4 is 11.4 Å². The summed E-state index contributed by atoms with van der Waals surface area (Å²) in [6, 6.07) is 7.67. The van der Waals surface area contributed by atoms with Crippen LogP contribution in [0.1, 0.15) is 31.2 Å². The molecule has 0 radical (unpaired) electrons. The zero-order valence-electron chi connectivity index (χ0n) is 13.1. The molecule has 0 aliphatic carbocycles. The van der Waals surface area contributed by atoms with Gasteiger partial charge in [0.15, 0.2) is 0 Å². The maximum absolute atomic E-state index is 3.85. The van der Waals surface area contributed by atoms with E-state index in [0.717, 1.165) is 5.92 Å². The Labute approximate surface area is 128 Å². The van der Waals surface area contributed by atoms with E-state index >= 15 is 0 Å². The molecule has 3 saturated heterocycles. The van der Waals surface area contributed by atoms with Gasteiger partial charge in [0, 0.05) is 43.6 Å². The minimum atomic E-state index is 0.681. The second-order valence-corrected chi connectivity index (χ2v) is 7.08. The smallest absolute Gasteiger partial charge is 0.0373 e. The van der Waals surface area contributed by atoms with Crippen molar-refractivity contribution < 1.29 is 0 Å². The minimum absolute atomic E-state index is 0.681. The number of nitrogens with one attached hydrogen (secondary N) is 1. The van der Waals surface area contributed by atoms with Crippen LogP contribution in [0, 0.1) is 12.8 Å². The molecule has 3 atom stereocenters. The largest absolute Gasteiger partial charge is 0.382 e. The lowest BCUT2D eigenvalue weighted by atomic mass is 9.93. The molecule has 0 aromatic heterocycles. The van der Waals surface area contributed by atoms with Gasteiger partial charge >= 0.3 is 0 Å². The Hall–Kier alpha value is -1.22.